The van der Waals surface area contributed by atoms with E-state index in [-0.39, 0.29) is 11.7 Å². The van der Waals surface area contributed by atoms with Gasteiger partial charge in [-0.05, 0) is 16.9 Å². The Hall–Kier alpha value is -1.01. The van der Waals surface area contributed by atoms with Crippen LogP contribution < -0.4 is 5.32 Å². The minimum Gasteiger partial charge on any atom is -0.480 e. The molecule has 1 amide bonds. The van der Waals surface area contributed by atoms with Crippen molar-refractivity contribution in [3.8, 4) is 0 Å². The van der Waals surface area contributed by atoms with Crippen LogP contribution in [0, 0.1) is 5.41 Å². The Labute approximate surface area is 115 Å². The van der Waals surface area contributed by atoms with Gasteiger partial charge in [0.05, 0.1) is 9.96 Å². The number of carbonyl (C=O) groups is 2. The summed E-state index contributed by atoms with van der Waals surface area (Å²) < 4.78 is 1.05. The number of amides is 1. The van der Waals surface area contributed by atoms with Crippen LogP contribution in [0.4, 0.5) is 0 Å². The van der Waals surface area contributed by atoms with Gasteiger partial charge in [0.25, 0.3) is 0 Å². The van der Waals surface area contributed by atoms with Crippen LogP contribution >= 0.6 is 23.1 Å². The predicted molar refractivity (Wildman–Crippen MR) is 74.1 cm³/mol. The van der Waals surface area contributed by atoms with Gasteiger partial charge in [0.2, 0.25) is 5.91 Å². The second-order valence-corrected chi connectivity index (χ2v) is 7.15. The number of aliphatic carboxylic acids is 1. The topological polar surface area (TPSA) is 66.4 Å². The number of rotatable bonds is 5. The Balaban J connectivity index is 2.49. The molecule has 1 rings (SSSR count). The van der Waals surface area contributed by atoms with Crippen molar-refractivity contribution in [1.29, 1.82) is 0 Å². The molecule has 0 fully saturated rings. The van der Waals surface area contributed by atoms with E-state index in [1.54, 1.807) is 32.1 Å². The fourth-order valence-electron chi connectivity index (χ4n) is 1.33. The quantitative estimate of drug-likeness (QED) is 0.816. The van der Waals surface area contributed by atoms with Gasteiger partial charge in [-0.25, -0.2) is 4.79 Å². The summed E-state index contributed by atoms with van der Waals surface area (Å²) in [5.41, 5.74) is -0.505. The molecule has 0 aliphatic heterocycles. The zero-order chi connectivity index (χ0) is 13.8. The van der Waals surface area contributed by atoms with Gasteiger partial charge < -0.3 is 10.4 Å². The number of hydrogen-bond acceptors (Lipinski definition) is 4. The number of carbonyl (C=O) groups excluding carboxylic acids is 1. The molecule has 0 bridgehead atoms. The number of thioether (sulfide) groups is 1. The Bertz CT molecular complexity index is 409. The summed E-state index contributed by atoms with van der Waals surface area (Å²) in [7, 11) is 0. The van der Waals surface area contributed by atoms with Crippen molar-refractivity contribution >= 4 is 35.0 Å². The van der Waals surface area contributed by atoms with E-state index in [4.69, 9.17) is 5.11 Å². The second kappa shape index (κ2) is 6.24. The lowest BCUT2D eigenvalue weighted by Crippen LogP contribution is -2.49. The standard InChI is InChI=1S/C12H17NO3S2/c1-12(2,3)10(11(15)16)13-8(14)7-18-9-5-4-6-17-9/h4-6,10H,7H2,1-3H3,(H,13,14)(H,15,16)/t10-/m0/s1. The molecule has 1 heterocycles. The third-order valence-electron chi connectivity index (χ3n) is 2.26. The number of nitrogens with one attached hydrogen (secondary N) is 1. The van der Waals surface area contributed by atoms with Crippen LogP contribution in [0.25, 0.3) is 0 Å². The molecule has 0 spiro atoms. The molecule has 0 aromatic carbocycles. The third kappa shape index (κ3) is 4.70. The zero-order valence-electron chi connectivity index (χ0n) is 10.6. The Morgan fingerprint density at radius 1 is 1.50 bits per heavy atom. The van der Waals surface area contributed by atoms with Crippen molar-refractivity contribution in [2.75, 3.05) is 5.75 Å². The fourth-order valence-corrected chi connectivity index (χ4v) is 2.93. The highest BCUT2D eigenvalue weighted by Crippen LogP contribution is 2.24. The van der Waals surface area contributed by atoms with Crippen molar-refractivity contribution in [1.82, 2.24) is 5.32 Å². The number of thiophene rings is 1. The Kier molecular flexibility index (Phi) is 5.22. The first-order chi connectivity index (χ1) is 8.30. The molecular weight excluding hydrogens is 270 g/mol. The molecular formula is C12H17NO3S2. The van der Waals surface area contributed by atoms with Crippen molar-refractivity contribution < 1.29 is 14.7 Å². The highest BCUT2D eigenvalue weighted by Gasteiger charge is 2.32. The fraction of sp³-hybridized carbons (Fsp3) is 0.500. The molecule has 0 unspecified atom stereocenters. The van der Waals surface area contributed by atoms with E-state index in [2.05, 4.69) is 5.32 Å². The minimum atomic E-state index is -1.00. The molecule has 1 aromatic heterocycles. The van der Waals surface area contributed by atoms with Gasteiger partial charge in [-0.15, -0.1) is 23.1 Å². The molecule has 4 nitrogen and oxygen atoms in total. The Morgan fingerprint density at radius 3 is 2.61 bits per heavy atom. The van der Waals surface area contributed by atoms with E-state index in [0.29, 0.717) is 0 Å². The van der Waals surface area contributed by atoms with Crippen molar-refractivity contribution in [2.24, 2.45) is 5.41 Å². The smallest absolute Gasteiger partial charge is 0.326 e. The average molecular weight is 287 g/mol. The Morgan fingerprint density at radius 2 is 2.17 bits per heavy atom. The van der Waals surface area contributed by atoms with Crippen molar-refractivity contribution in [2.45, 2.75) is 31.0 Å². The molecule has 18 heavy (non-hydrogen) atoms. The largest absolute Gasteiger partial charge is 0.480 e. The maximum absolute atomic E-state index is 11.7. The first-order valence-corrected chi connectivity index (χ1v) is 7.35. The average Bonchev–Trinajstić information content (AvgIpc) is 2.73. The van der Waals surface area contributed by atoms with Crippen LogP contribution in [-0.2, 0) is 9.59 Å². The van der Waals surface area contributed by atoms with Gasteiger partial charge in [-0.3, -0.25) is 4.79 Å². The third-order valence-corrected chi connectivity index (χ3v) is 4.39. The number of carboxylic acid groups (broad SMARTS) is 1. The van der Waals surface area contributed by atoms with Gasteiger partial charge in [-0.1, -0.05) is 26.8 Å². The van der Waals surface area contributed by atoms with Crippen molar-refractivity contribution in [3.05, 3.63) is 17.5 Å². The van der Waals surface area contributed by atoms with E-state index in [9.17, 15) is 9.59 Å². The molecule has 100 valence electrons. The van der Waals surface area contributed by atoms with E-state index < -0.39 is 17.4 Å². The van der Waals surface area contributed by atoms with Gasteiger partial charge in [0.1, 0.15) is 6.04 Å². The molecule has 0 saturated heterocycles. The monoisotopic (exact) mass is 287 g/mol. The number of hydrogen-bond donors (Lipinski definition) is 2. The molecule has 0 saturated carbocycles. The van der Waals surface area contributed by atoms with Crippen LogP contribution in [0.3, 0.4) is 0 Å². The van der Waals surface area contributed by atoms with Gasteiger partial charge >= 0.3 is 5.97 Å². The lowest BCUT2D eigenvalue weighted by atomic mass is 9.87. The van der Waals surface area contributed by atoms with Crippen LogP contribution in [0.15, 0.2) is 21.7 Å². The summed E-state index contributed by atoms with van der Waals surface area (Å²) in [6, 6.07) is 2.98. The molecule has 0 aliphatic carbocycles. The zero-order valence-corrected chi connectivity index (χ0v) is 12.2. The van der Waals surface area contributed by atoms with E-state index in [0.717, 1.165) is 4.21 Å². The predicted octanol–water partition coefficient (Wildman–Crippen LogP) is 2.46. The molecule has 1 aromatic rings. The van der Waals surface area contributed by atoms with Crippen LogP contribution in [0.5, 0.6) is 0 Å². The van der Waals surface area contributed by atoms with Gasteiger partial charge in [0.15, 0.2) is 0 Å². The first-order valence-electron chi connectivity index (χ1n) is 5.49. The van der Waals surface area contributed by atoms with E-state index in [1.165, 1.54) is 11.8 Å². The van der Waals surface area contributed by atoms with Crippen LogP contribution in [0.2, 0.25) is 0 Å². The summed E-state index contributed by atoms with van der Waals surface area (Å²) in [5.74, 6) is -1.02. The molecule has 0 aliphatic rings. The highest BCUT2D eigenvalue weighted by atomic mass is 32.2. The SMILES string of the molecule is CC(C)(C)[C@@H](NC(=O)CSc1cccs1)C(=O)O. The maximum Gasteiger partial charge on any atom is 0.326 e. The van der Waals surface area contributed by atoms with Gasteiger partial charge in [-0.2, -0.15) is 0 Å². The molecule has 1 atom stereocenters. The summed E-state index contributed by atoms with van der Waals surface area (Å²) in [6.07, 6.45) is 0. The first kappa shape index (κ1) is 15.0. The molecule has 0 radical (unpaired) electrons. The second-order valence-electron chi connectivity index (χ2n) is 4.93. The summed E-state index contributed by atoms with van der Waals surface area (Å²) in [6.45, 7) is 5.37. The summed E-state index contributed by atoms with van der Waals surface area (Å²) >= 11 is 2.98. The highest BCUT2D eigenvalue weighted by molar-refractivity contribution is 8.01. The van der Waals surface area contributed by atoms with Crippen LogP contribution in [0.1, 0.15) is 20.8 Å². The summed E-state index contributed by atoms with van der Waals surface area (Å²) in [4.78, 5) is 22.8. The minimum absolute atomic E-state index is 0.236. The normalized spacial score (nSPS) is 13.1. The van der Waals surface area contributed by atoms with Crippen molar-refractivity contribution in [3.63, 3.8) is 0 Å². The van der Waals surface area contributed by atoms with E-state index >= 15 is 0 Å². The molecule has 6 heteroatoms. The maximum atomic E-state index is 11.7. The number of carboxylic acids is 1. The lowest BCUT2D eigenvalue weighted by molar-refractivity contribution is -0.144. The lowest BCUT2D eigenvalue weighted by Gasteiger charge is -2.27. The van der Waals surface area contributed by atoms with Crippen LogP contribution in [-0.4, -0.2) is 28.8 Å². The summed E-state index contributed by atoms with van der Waals surface area (Å²) in [5, 5.41) is 13.6. The van der Waals surface area contributed by atoms with E-state index in [1.807, 2.05) is 17.5 Å². The molecule has 2 N–H and O–H groups in total. The van der Waals surface area contributed by atoms with Gasteiger partial charge in [0, 0.05) is 0 Å².